The smallest absolute Gasteiger partial charge is 0.130 e. The van der Waals surface area contributed by atoms with E-state index in [0.717, 1.165) is 22.4 Å². The van der Waals surface area contributed by atoms with Gasteiger partial charge in [0.05, 0.1) is 24.3 Å². The normalized spacial score (nSPS) is 28.1. The number of ether oxygens (including phenoxy) is 3. The highest BCUT2D eigenvalue weighted by molar-refractivity contribution is 6.32. The summed E-state index contributed by atoms with van der Waals surface area (Å²) in [5.41, 5.74) is 3.50. The summed E-state index contributed by atoms with van der Waals surface area (Å²) in [7, 11) is 0. The van der Waals surface area contributed by atoms with E-state index in [2.05, 4.69) is 0 Å². The number of aliphatic hydroxyl groups is 3. The van der Waals surface area contributed by atoms with Gasteiger partial charge in [-0.05, 0) is 49.6 Å². The molecule has 2 aromatic rings. The van der Waals surface area contributed by atoms with Crippen LogP contribution in [0.3, 0.4) is 0 Å². The largest absolute Gasteiger partial charge is 0.494 e. The fourth-order valence-corrected chi connectivity index (χ4v) is 4.47. The van der Waals surface area contributed by atoms with E-state index < -0.39 is 30.5 Å². The van der Waals surface area contributed by atoms with Crippen molar-refractivity contribution in [3.63, 3.8) is 0 Å². The molecule has 1 saturated heterocycles. The molecule has 0 spiro atoms. The van der Waals surface area contributed by atoms with Gasteiger partial charge in [0, 0.05) is 17.5 Å². The van der Waals surface area contributed by atoms with Crippen molar-refractivity contribution in [2.45, 2.75) is 57.2 Å². The highest BCUT2D eigenvalue weighted by Crippen LogP contribution is 2.45. The van der Waals surface area contributed by atoms with E-state index in [1.165, 1.54) is 0 Å². The molecule has 0 amide bonds. The quantitative estimate of drug-likeness (QED) is 0.670. The Morgan fingerprint density at radius 2 is 1.83 bits per heavy atom. The van der Waals surface area contributed by atoms with Gasteiger partial charge in [-0.25, -0.2) is 0 Å². The van der Waals surface area contributed by atoms with E-state index in [9.17, 15) is 15.3 Å². The van der Waals surface area contributed by atoms with E-state index >= 15 is 0 Å². The minimum Gasteiger partial charge on any atom is -0.494 e. The first-order valence-corrected chi connectivity index (χ1v) is 10.7. The predicted molar refractivity (Wildman–Crippen MR) is 112 cm³/mol. The van der Waals surface area contributed by atoms with Crippen LogP contribution in [0.4, 0.5) is 0 Å². The molecule has 0 bridgehead atoms. The van der Waals surface area contributed by atoms with Crippen molar-refractivity contribution in [1.29, 1.82) is 0 Å². The van der Waals surface area contributed by atoms with Gasteiger partial charge in [-0.3, -0.25) is 0 Å². The molecule has 0 radical (unpaired) electrons. The second-order valence-electron chi connectivity index (χ2n) is 7.83. The van der Waals surface area contributed by atoms with Crippen molar-refractivity contribution >= 4 is 11.6 Å². The summed E-state index contributed by atoms with van der Waals surface area (Å²) < 4.78 is 17.2. The number of hydrogen-bond donors (Lipinski definition) is 3. The summed E-state index contributed by atoms with van der Waals surface area (Å²) in [6.45, 7) is 4.73. The molecule has 2 aliphatic heterocycles. The lowest BCUT2D eigenvalue weighted by molar-refractivity contribution is -0.219. The van der Waals surface area contributed by atoms with Gasteiger partial charge in [0.1, 0.15) is 35.9 Å². The first-order chi connectivity index (χ1) is 14.4. The van der Waals surface area contributed by atoms with Crippen LogP contribution in [0, 0.1) is 0 Å². The molecule has 0 saturated carbocycles. The van der Waals surface area contributed by atoms with Crippen LogP contribution in [0.5, 0.6) is 11.5 Å². The molecule has 4 rings (SSSR count). The molecule has 7 heteroatoms. The maximum Gasteiger partial charge on any atom is 0.130 e. The van der Waals surface area contributed by atoms with Crippen molar-refractivity contribution in [3.8, 4) is 11.5 Å². The Balaban J connectivity index is 1.69. The van der Waals surface area contributed by atoms with Crippen LogP contribution in [-0.4, -0.2) is 52.9 Å². The molecule has 30 heavy (non-hydrogen) atoms. The highest BCUT2D eigenvalue weighted by Gasteiger charge is 2.44. The molecule has 2 aliphatic rings. The number of rotatable bonds is 5. The summed E-state index contributed by atoms with van der Waals surface area (Å²) in [6, 6.07) is 9.74. The van der Waals surface area contributed by atoms with Crippen LogP contribution in [0.1, 0.15) is 42.2 Å². The van der Waals surface area contributed by atoms with E-state index in [-0.39, 0.29) is 0 Å². The third-order valence-electron chi connectivity index (χ3n) is 5.80. The predicted octanol–water partition coefficient (Wildman–Crippen LogP) is 2.81. The molecule has 0 unspecified atom stereocenters. The second kappa shape index (κ2) is 8.73. The lowest BCUT2D eigenvalue weighted by Crippen LogP contribution is -2.53. The maximum atomic E-state index is 10.6. The number of fused-ring (bicyclic) bond motifs is 1. The number of halogens is 1. The van der Waals surface area contributed by atoms with Gasteiger partial charge in [0.25, 0.3) is 0 Å². The maximum absolute atomic E-state index is 10.6. The number of hydrogen-bond acceptors (Lipinski definition) is 6. The monoisotopic (exact) mass is 434 g/mol. The average molecular weight is 435 g/mol. The molecule has 6 nitrogen and oxygen atoms in total. The van der Waals surface area contributed by atoms with Gasteiger partial charge in [0.2, 0.25) is 0 Å². The molecule has 0 aromatic heterocycles. The zero-order valence-corrected chi connectivity index (χ0v) is 17.8. The van der Waals surface area contributed by atoms with E-state index in [0.29, 0.717) is 42.4 Å². The van der Waals surface area contributed by atoms with Crippen LogP contribution < -0.4 is 9.47 Å². The van der Waals surface area contributed by atoms with Crippen LogP contribution in [0.2, 0.25) is 5.02 Å². The van der Waals surface area contributed by atoms with Gasteiger partial charge >= 0.3 is 0 Å². The Kier molecular flexibility index (Phi) is 6.23. The lowest BCUT2D eigenvalue weighted by Gasteiger charge is -2.40. The minimum absolute atomic E-state index is 0.498. The second-order valence-corrected chi connectivity index (χ2v) is 8.21. The molecule has 0 aliphatic carbocycles. The van der Waals surface area contributed by atoms with Gasteiger partial charge in [-0.1, -0.05) is 23.7 Å². The van der Waals surface area contributed by atoms with E-state index in [1.54, 1.807) is 6.92 Å². The van der Waals surface area contributed by atoms with Crippen molar-refractivity contribution in [2.24, 2.45) is 0 Å². The Morgan fingerprint density at radius 1 is 1.10 bits per heavy atom. The molecular formula is C23H27ClO6. The Bertz CT molecular complexity index is 900. The third-order valence-corrected chi connectivity index (χ3v) is 6.27. The van der Waals surface area contributed by atoms with Gasteiger partial charge in [-0.15, -0.1) is 0 Å². The molecule has 3 N–H and O–H groups in total. The number of aliphatic hydroxyl groups excluding tert-OH is 3. The van der Waals surface area contributed by atoms with Crippen molar-refractivity contribution in [1.82, 2.24) is 0 Å². The topological polar surface area (TPSA) is 88.4 Å². The zero-order chi connectivity index (χ0) is 21.4. The van der Waals surface area contributed by atoms with Gasteiger partial charge in [0.15, 0.2) is 0 Å². The van der Waals surface area contributed by atoms with Crippen molar-refractivity contribution in [2.75, 3.05) is 13.2 Å². The van der Waals surface area contributed by atoms with Crippen molar-refractivity contribution < 1.29 is 29.5 Å². The molecule has 2 aromatic carbocycles. The fraction of sp³-hybridized carbons (Fsp3) is 0.478. The summed E-state index contributed by atoms with van der Waals surface area (Å²) in [5, 5.41) is 31.6. The fourth-order valence-electron chi connectivity index (χ4n) is 4.17. The van der Waals surface area contributed by atoms with Crippen LogP contribution in [0.15, 0.2) is 30.3 Å². The molecule has 5 atom stereocenters. The minimum atomic E-state index is -1.30. The molecule has 162 valence electrons. The number of benzene rings is 2. The van der Waals surface area contributed by atoms with Gasteiger partial charge in [-0.2, -0.15) is 0 Å². The SMILES string of the molecule is CCOc1ccc(Cc2cc([C@@H]3O[C@H](C)[C@@H](O)[C@H](O)[C@H]3O)c3c(c2Cl)CCO3)cc1. The lowest BCUT2D eigenvalue weighted by atomic mass is 9.88. The van der Waals surface area contributed by atoms with Crippen LogP contribution in [-0.2, 0) is 17.6 Å². The average Bonchev–Trinajstić information content (AvgIpc) is 3.23. The standard InChI is InChI=1S/C23H27ClO6/c1-3-28-15-6-4-13(5-7-15)10-14-11-17(22-16(18(14)24)8-9-29-22)23-21(27)20(26)19(25)12(2)30-23/h4-7,11-12,19-21,23,25-27H,3,8-10H2,1-2H3/t12-,19-,20+,21-,23+/m1/s1. The first kappa shape index (κ1) is 21.4. The highest BCUT2D eigenvalue weighted by atomic mass is 35.5. The van der Waals surface area contributed by atoms with Crippen LogP contribution in [0.25, 0.3) is 0 Å². The summed E-state index contributed by atoms with van der Waals surface area (Å²) in [6.07, 6.45) is -3.92. The van der Waals surface area contributed by atoms with E-state index in [1.807, 2.05) is 37.3 Å². The molecule has 2 heterocycles. The van der Waals surface area contributed by atoms with E-state index in [4.69, 9.17) is 25.8 Å². The van der Waals surface area contributed by atoms with Crippen molar-refractivity contribution in [3.05, 3.63) is 57.6 Å². The zero-order valence-electron chi connectivity index (χ0n) is 17.0. The Labute approximate surface area is 181 Å². The molecular weight excluding hydrogens is 408 g/mol. The van der Waals surface area contributed by atoms with Crippen LogP contribution >= 0.6 is 11.6 Å². The van der Waals surface area contributed by atoms with Gasteiger partial charge < -0.3 is 29.5 Å². The Morgan fingerprint density at radius 3 is 2.53 bits per heavy atom. The summed E-state index contributed by atoms with van der Waals surface area (Å²) in [5.74, 6) is 1.42. The first-order valence-electron chi connectivity index (χ1n) is 10.3. The third kappa shape index (κ3) is 3.90. The summed E-state index contributed by atoms with van der Waals surface area (Å²) >= 11 is 6.72. The Hall–Kier alpha value is -1.83. The molecule has 1 fully saturated rings. The summed E-state index contributed by atoms with van der Waals surface area (Å²) in [4.78, 5) is 0.